The van der Waals surface area contributed by atoms with Crippen molar-refractivity contribution in [1.29, 1.82) is 0 Å². The van der Waals surface area contributed by atoms with E-state index in [2.05, 4.69) is 11.1 Å². The van der Waals surface area contributed by atoms with Crippen molar-refractivity contribution in [3.63, 3.8) is 0 Å². The number of rotatable bonds is 5. The minimum Gasteiger partial charge on any atom is -0.327 e. The smallest absolute Gasteiger partial charge is 0.0419 e. The summed E-state index contributed by atoms with van der Waals surface area (Å²) in [6.45, 7) is 0. The molecule has 1 saturated carbocycles. The van der Waals surface area contributed by atoms with E-state index in [0.29, 0.717) is 6.04 Å². The highest BCUT2D eigenvalue weighted by molar-refractivity contribution is 5.04. The molecule has 0 amide bonds. The monoisotopic (exact) mass is 190 g/mol. The maximum Gasteiger partial charge on any atom is 0.0419 e. The summed E-state index contributed by atoms with van der Waals surface area (Å²) in [5, 5.41) is 0. The van der Waals surface area contributed by atoms with Crippen LogP contribution >= 0.6 is 0 Å². The SMILES string of the molecule is NC(CCC1CC1)Cc1ccccn1. The molecule has 1 aromatic heterocycles. The summed E-state index contributed by atoms with van der Waals surface area (Å²) in [4.78, 5) is 4.28. The van der Waals surface area contributed by atoms with Gasteiger partial charge in [-0.3, -0.25) is 4.98 Å². The summed E-state index contributed by atoms with van der Waals surface area (Å²) in [6.07, 6.45) is 8.08. The zero-order valence-electron chi connectivity index (χ0n) is 8.52. The van der Waals surface area contributed by atoms with Gasteiger partial charge in [-0.25, -0.2) is 0 Å². The Balaban J connectivity index is 1.73. The van der Waals surface area contributed by atoms with Crippen LogP contribution in [-0.4, -0.2) is 11.0 Å². The Bertz CT molecular complexity index is 267. The van der Waals surface area contributed by atoms with Crippen molar-refractivity contribution in [1.82, 2.24) is 4.98 Å². The van der Waals surface area contributed by atoms with Crippen LogP contribution < -0.4 is 5.73 Å². The fourth-order valence-electron chi connectivity index (χ4n) is 1.75. The van der Waals surface area contributed by atoms with Gasteiger partial charge in [0, 0.05) is 24.4 Å². The highest BCUT2D eigenvalue weighted by atomic mass is 14.7. The zero-order chi connectivity index (χ0) is 9.80. The number of pyridine rings is 1. The Kier molecular flexibility index (Phi) is 3.14. The average molecular weight is 190 g/mol. The summed E-state index contributed by atoms with van der Waals surface area (Å²) in [6, 6.07) is 6.32. The van der Waals surface area contributed by atoms with E-state index in [1.807, 2.05) is 18.3 Å². The van der Waals surface area contributed by atoms with E-state index in [1.54, 1.807) is 0 Å². The van der Waals surface area contributed by atoms with Crippen molar-refractivity contribution < 1.29 is 0 Å². The van der Waals surface area contributed by atoms with Crippen LogP contribution in [0.4, 0.5) is 0 Å². The van der Waals surface area contributed by atoms with Crippen LogP contribution in [0.15, 0.2) is 24.4 Å². The van der Waals surface area contributed by atoms with Crippen LogP contribution in [0.1, 0.15) is 31.4 Å². The zero-order valence-corrected chi connectivity index (χ0v) is 8.52. The summed E-state index contributed by atoms with van der Waals surface area (Å²) >= 11 is 0. The van der Waals surface area contributed by atoms with Crippen LogP contribution in [0.2, 0.25) is 0 Å². The predicted molar refractivity (Wildman–Crippen MR) is 57.9 cm³/mol. The van der Waals surface area contributed by atoms with Crippen LogP contribution in [0, 0.1) is 5.92 Å². The molecule has 0 aliphatic heterocycles. The summed E-state index contributed by atoms with van der Waals surface area (Å²) in [5.74, 6) is 0.991. The summed E-state index contributed by atoms with van der Waals surface area (Å²) in [7, 11) is 0. The van der Waals surface area contributed by atoms with Crippen LogP contribution in [-0.2, 0) is 6.42 Å². The van der Waals surface area contributed by atoms with Gasteiger partial charge in [0.25, 0.3) is 0 Å². The molecule has 1 unspecified atom stereocenters. The molecule has 2 rings (SSSR count). The van der Waals surface area contributed by atoms with E-state index < -0.39 is 0 Å². The van der Waals surface area contributed by atoms with E-state index in [-0.39, 0.29) is 0 Å². The van der Waals surface area contributed by atoms with Crippen molar-refractivity contribution in [3.8, 4) is 0 Å². The Hall–Kier alpha value is -0.890. The molecule has 0 bridgehead atoms. The first-order chi connectivity index (χ1) is 6.84. The van der Waals surface area contributed by atoms with Gasteiger partial charge in [0.05, 0.1) is 0 Å². The third kappa shape index (κ3) is 3.11. The van der Waals surface area contributed by atoms with Crippen molar-refractivity contribution in [3.05, 3.63) is 30.1 Å². The second-order valence-electron chi connectivity index (χ2n) is 4.31. The fourth-order valence-corrected chi connectivity index (χ4v) is 1.75. The van der Waals surface area contributed by atoms with Crippen molar-refractivity contribution in [2.75, 3.05) is 0 Å². The standard InChI is InChI=1S/C12H18N2/c13-11(7-6-10-4-5-10)9-12-3-1-2-8-14-12/h1-3,8,10-11H,4-7,9,13H2. The molecule has 2 N–H and O–H groups in total. The minimum atomic E-state index is 0.297. The maximum atomic E-state index is 6.04. The second kappa shape index (κ2) is 4.56. The highest BCUT2D eigenvalue weighted by Gasteiger charge is 2.21. The van der Waals surface area contributed by atoms with E-state index in [4.69, 9.17) is 5.73 Å². The van der Waals surface area contributed by atoms with Crippen molar-refractivity contribution in [2.24, 2.45) is 11.7 Å². The molecule has 76 valence electrons. The maximum absolute atomic E-state index is 6.04. The first-order valence-corrected chi connectivity index (χ1v) is 5.50. The third-order valence-electron chi connectivity index (χ3n) is 2.84. The van der Waals surface area contributed by atoms with Gasteiger partial charge in [0.1, 0.15) is 0 Å². The number of hydrogen-bond donors (Lipinski definition) is 1. The average Bonchev–Trinajstić information content (AvgIpc) is 3.00. The van der Waals surface area contributed by atoms with Gasteiger partial charge in [0.15, 0.2) is 0 Å². The number of nitrogens with zero attached hydrogens (tertiary/aromatic N) is 1. The first kappa shape index (κ1) is 9.66. The van der Waals surface area contributed by atoms with Gasteiger partial charge in [-0.1, -0.05) is 18.9 Å². The Morgan fingerprint density at radius 2 is 2.29 bits per heavy atom. The lowest BCUT2D eigenvalue weighted by Crippen LogP contribution is -2.23. The van der Waals surface area contributed by atoms with Crippen molar-refractivity contribution >= 4 is 0 Å². The number of hydrogen-bond acceptors (Lipinski definition) is 2. The number of nitrogens with two attached hydrogens (primary N) is 1. The van der Waals surface area contributed by atoms with Gasteiger partial charge in [0.2, 0.25) is 0 Å². The van der Waals surface area contributed by atoms with Gasteiger partial charge in [-0.15, -0.1) is 0 Å². The van der Waals surface area contributed by atoms with E-state index >= 15 is 0 Å². The minimum absolute atomic E-state index is 0.297. The summed E-state index contributed by atoms with van der Waals surface area (Å²) < 4.78 is 0. The molecule has 1 fully saturated rings. The molecule has 1 heterocycles. The van der Waals surface area contributed by atoms with E-state index in [0.717, 1.165) is 24.5 Å². The summed E-state index contributed by atoms with van der Waals surface area (Å²) in [5.41, 5.74) is 7.16. The molecular weight excluding hydrogens is 172 g/mol. The van der Waals surface area contributed by atoms with E-state index in [1.165, 1.54) is 19.3 Å². The molecule has 2 heteroatoms. The van der Waals surface area contributed by atoms with Gasteiger partial charge in [-0.05, 0) is 30.9 Å². The molecule has 0 aromatic carbocycles. The topological polar surface area (TPSA) is 38.9 Å². The molecule has 14 heavy (non-hydrogen) atoms. The molecule has 2 nitrogen and oxygen atoms in total. The Labute approximate surface area is 85.5 Å². The van der Waals surface area contributed by atoms with Gasteiger partial charge in [-0.2, -0.15) is 0 Å². The molecule has 0 saturated heterocycles. The first-order valence-electron chi connectivity index (χ1n) is 5.50. The largest absolute Gasteiger partial charge is 0.327 e. The molecule has 0 spiro atoms. The second-order valence-corrected chi connectivity index (χ2v) is 4.31. The lowest BCUT2D eigenvalue weighted by Gasteiger charge is -2.09. The number of aromatic nitrogens is 1. The van der Waals surface area contributed by atoms with Crippen LogP contribution in [0.25, 0.3) is 0 Å². The molecule has 0 radical (unpaired) electrons. The Morgan fingerprint density at radius 3 is 2.93 bits per heavy atom. The Morgan fingerprint density at radius 1 is 1.43 bits per heavy atom. The highest BCUT2D eigenvalue weighted by Crippen LogP contribution is 2.33. The van der Waals surface area contributed by atoms with Gasteiger partial charge < -0.3 is 5.73 Å². The predicted octanol–water partition coefficient (Wildman–Crippen LogP) is 2.14. The normalized spacial score (nSPS) is 18.1. The molecular formula is C12H18N2. The third-order valence-corrected chi connectivity index (χ3v) is 2.84. The lowest BCUT2D eigenvalue weighted by atomic mass is 10.0. The fraction of sp³-hybridized carbons (Fsp3) is 0.583. The van der Waals surface area contributed by atoms with Crippen LogP contribution in [0.3, 0.4) is 0 Å². The van der Waals surface area contributed by atoms with Crippen LogP contribution in [0.5, 0.6) is 0 Å². The molecule has 1 aromatic rings. The quantitative estimate of drug-likeness (QED) is 0.772. The molecule has 1 atom stereocenters. The molecule has 1 aliphatic rings. The lowest BCUT2D eigenvalue weighted by molar-refractivity contribution is 0.547. The molecule has 1 aliphatic carbocycles. The van der Waals surface area contributed by atoms with Gasteiger partial charge >= 0.3 is 0 Å². The van der Waals surface area contributed by atoms with Crippen molar-refractivity contribution in [2.45, 2.75) is 38.1 Å². The van der Waals surface area contributed by atoms with E-state index in [9.17, 15) is 0 Å².